The maximum atomic E-state index is 13.5. The molecular weight excluding hydrogens is 477 g/mol. The molecule has 6 rings (SSSR count). The fourth-order valence-electron chi connectivity index (χ4n) is 4.81. The number of carbonyl (C=O) groups is 1. The first-order valence-corrected chi connectivity index (χ1v) is 12.6. The molecule has 6 aromatic rings. The van der Waals surface area contributed by atoms with Crippen molar-refractivity contribution in [1.82, 2.24) is 20.2 Å². The van der Waals surface area contributed by atoms with Crippen molar-refractivity contribution >= 4 is 33.4 Å². The number of hydrogen-bond donors (Lipinski definition) is 3. The molecule has 0 unspecified atom stereocenters. The highest BCUT2D eigenvalue weighted by molar-refractivity contribution is 6.02. The third kappa shape index (κ3) is 4.54. The van der Waals surface area contributed by atoms with Crippen LogP contribution in [0.1, 0.15) is 20.3 Å². The van der Waals surface area contributed by atoms with Crippen molar-refractivity contribution in [2.75, 3.05) is 5.32 Å². The minimum absolute atomic E-state index is 0.0228. The van der Waals surface area contributed by atoms with E-state index in [0.29, 0.717) is 12.1 Å². The van der Waals surface area contributed by atoms with Crippen molar-refractivity contribution in [2.45, 2.75) is 20.3 Å². The van der Waals surface area contributed by atoms with Crippen LogP contribution in [0.5, 0.6) is 0 Å². The molecule has 1 amide bonds. The van der Waals surface area contributed by atoms with Crippen molar-refractivity contribution < 1.29 is 9.18 Å². The second-order valence-electron chi connectivity index (χ2n) is 9.90. The van der Waals surface area contributed by atoms with E-state index in [1.165, 1.54) is 12.1 Å². The predicted molar refractivity (Wildman–Crippen MR) is 150 cm³/mol. The third-order valence-corrected chi connectivity index (χ3v) is 6.59. The maximum absolute atomic E-state index is 13.5. The van der Waals surface area contributed by atoms with E-state index in [4.69, 9.17) is 0 Å². The number of aromatic nitrogens is 4. The van der Waals surface area contributed by atoms with Crippen LogP contribution in [0.4, 0.5) is 10.1 Å². The average Bonchev–Trinajstić information content (AvgIpc) is 3.52. The molecule has 38 heavy (non-hydrogen) atoms. The second-order valence-corrected chi connectivity index (χ2v) is 9.90. The first kappa shape index (κ1) is 23.6. The second kappa shape index (κ2) is 9.59. The Morgan fingerprint density at radius 2 is 1.71 bits per heavy atom. The molecule has 0 spiro atoms. The summed E-state index contributed by atoms with van der Waals surface area (Å²) in [5.74, 6) is 0.00275. The SMILES string of the molecule is CC(C)CC(=O)Nc1cncc(-c2ccc3[nH]nc(-c4cc5c(-c6ccc(F)cc6)cccc5[nH]4)c3c2)c1. The van der Waals surface area contributed by atoms with Gasteiger partial charge in [-0.1, -0.05) is 44.2 Å². The number of nitrogens with one attached hydrogen (secondary N) is 3. The van der Waals surface area contributed by atoms with Gasteiger partial charge in [0.1, 0.15) is 11.5 Å². The van der Waals surface area contributed by atoms with E-state index in [1.807, 2.05) is 50.2 Å². The van der Waals surface area contributed by atoms with Crippen LogP contribution in [0, 0.1) is 11.7 Å². The molecular formula is C31H26FN5O. The van der Waals surface area contributed by atoms with Crippen LogP contribution in [0.25, 0.3) is 55.4 Å². The summed E-state index contributed by atoms with van der Waals surface area (Å²) in [6.45, 7) is 4.03. The van der Waals surface area contributed by atoms with Crippen molar-refractivity contribution in [1.29, 1.82) is 0 Å². The normalized spacial score (nSPS) is 11.5. The molecule has 0 saturated carbocycles. The lowest BCUT2D eigenvalue weighted by molar-refractivity contribution is -0.116. The predicted octanol–water partition coefficient (Wildman–Crippen LogP) is 7.56. The van der Waals surface area contributed by atoms with Gasteiger partial charge >= 0.3 is 0 Å². The number of pyridine rings is 1. The average molecular weight is 504 g/mol. The number of amides is 1. The Labute approximate surface area is 218 Å². The van der Waals surface area contributed by atoms with Crippen LogP contribution >= 0.6 is 0 Å². The fourth-order valence-corrected chi connectivity index (χ4v) is 4.81. The number of nitrogens with zero attached hydrogens (tertiary/aromatic N) is 2. The highest BCUT2D eigenvalue weighted by atomic mass is 19.1. The van der Waals surface area contributed by atoms with Gasteiger partial charge < -0.3 is 10.3 Å². The summed E-state index contributed by atoms with van der Waals surface area (Å²) in [4.78, 5) is 20.1. The molecule has 0 radical (unpaired) electrons. The van der Waals surface area contributed by atoms with E-state index in [-0.39, 0.29) is 17.6 Å². The molecule has 0 saturated heterocycles. The van der Waals surface area contributed by atoms with Gasteiger partial charge in [0.2, 0.25) is 5.91 Å². The molecule has 0 aliphatic heterocycles. The Kier molecular flexibility index (Phi) is 5.96. The van der Waals surface area contributed by atoms with E-state index < -0.39 is 0 Å². The lowest BCUT2D eigenvalue weighted by Crippen LogP contribution is -2.13. The van der Waals surface area contributed by atoms with Gasteiger partial charge in [-0.3, -0.25) is 14.9 Å². The zero-order valence-corrected chi connectivity index (χ0v) is 21.0. The summed E-state index contributed by atoms with van der Waals surface area (Å²) in [6, 6.07) is 22.7. The number of halogens is 1. The summed E-state index contributed by atoms with van der Waals surface area (Å²) in [6.07, 6.45) is 3.91. The molecule has 0 fully saturated rings. The van der Waals surface area contributed by atoms with Gasteiger partial charge in [-0.25, -0.2) is 4.39 Å². The van der Waals surface area contributed by atoms with Crippen molar-refractivity contribution in [3.63, 3.8) is 0 Å². The lowest BCUT2D eigenvalue weighted by Gasteiger charge is -2.09. The Balaban J connectivity index is 1.38. The van der Waals surface area contributed by atoms with Crippen LogP contribution in [-0.4, -0.2) is 26.1 Å². The summed E-state index contributed by atoms with van der Waals surface area (Å²) in [5.41, 5.74) is 8.08. The number of rotatable bonds is 6. The van der Waals surface area contributed by atoms with E-state index in [0.717, 1.165) is 55.4 Å². The quantitative estimate of drug-likeness (QED) is 0.219. The minimum Gasteiger partial charge on any atom is -0.353 e. The number of benzene rings is 3. The molecule has 0 aliphatic rings. The van der Waals surface area contributed by atoms with Gasteiger partial charge in [0.25, 0.3) is 0 Å². The van der Waals surface area contributed by atoms with Crippen LogP contribution in [0.15, 0.2) is 85.2 Å². The molecule has 0 aliphatic carbocycles. The molecule has 0 bridgehead atoms. The summed E-state index contributed by atoms with van der Waals surface area (Å²) in [7, 11) is 0. The van der Waals surface area contributed by atoms with Gasteiger partial charge in [-0.15, -0.1) is 0 Å². The molecule has 188 valence electrons. The van der Waals surface area contributed by atoms with Crippen LogP contribution in [0.2, 0.25) is 0 Å². The van der Waals surface area contributed by atoms with Gasteiger partial charge in [0.15, 0.2) is 0 Å². The summed E-state index contributed by atoms with van der Waals surface area (Å²) >= 11 is 0. The third-order valence-electron chi connectivity index (χ3n) is 6.59. The number of carbonyl (C=O) groups excluding carboxylic acids is 1. The van der Waals surface area contributed by atoms with Gasteiger partial charge in [0.05, 0.1) is 23.1 Å². The number of anilines is 1. The standard InChI is InChI=1S/C31H26FN5O/c1-18(2)12-30(38)34-23-13-21(16-33-17-23)20-8-11-28-26(14-20)31(37-36-28)29-15-25-24(4-3-5-27(25)35-29)19-6-9-22(32)10-7-19/h3-11,13-18,35H,12H2,1-2H3,(H,34,38)(H,36,37). The molecule has 6 nitrogen and oxygen atoms in total. The number of aromatic amines is 2. The Bertz CT molecular complexity index is 1780. The smallest absolute Gasteiger partial charge is 0.224 e. The Hall–Kier alpha value is -4.78. The van der Waals surface area contributed by atoms with Gasteiger partial charge in [-0.05, 0) is 65.1 Å². The first-order chi connectivity index (χ1) is 18.4. The number of H-pyrrole nitrogens is 2. The monoisotopic (exact) mass is 503 g/mol. The van der Waals surface area contributed by atoms with Crippen molar-refractivity contribution in [3.05, 3.63) is 91.0 Å². The highest BCUT2D eigenvalue weighted by Gasteiger charge is 2.15. The first-order valence-electron chi connectivity index (χ1n) is 12.6. The molecule has 3 aromatic heterocycles. The van der Waals surface area contributed by atoms with Gasteiger partial charge in [-0.2, -0.15) is 5.10 Å². The molecule has 7 heteroatoms. The zero-order valence-electron chi connectivity index (χ0n) is 21.0. The number of fused-ring (bicyclic) bond motifs is 2. The van der Waals surface area contributed by atoms with Crippen LogP contribution in [0.3, 0.4) is 0 Å². The largest absolute Gasteiger partial charge is 0.353 e. The van der Waals surface area contributed by atoms with Crippen molar-refractivity contribution in [3.8, 4) is 33.6 Å². The lowest BCUT2D eigenvalue weighted by atomic mass is 10.0. The van der Waals surface area contributed by atoms with E-state index >= 15 is 0 Å². The highest BCUT2D eigenvalue weighted by Crippen LogP contribution is 2.35. The summed E-state index contributed by atoms with van der Waals surface area (Å²) < 4.78 is 13.5. The van der Waals surface area contributed by atoms with Crippen molar-refractivity contribution in [2.24, 2.45) is 5.92 Å². The topological polar surface area (TPSA) is 86.5 Å². The van der Waals surface area contributed by atoms with Crippen LogP contribution in [-0.2, 0) is 4.79 Å². The summed E-state index contributed by atoms with van der Waals surface area (Å²) in [5, 5.41) is 12.7. The molecule has 0 atom stereocenters. The fraction of sp³-hybridized carbons (Fsp3) is 0.129. The minimum atomic E-state index is -0.256. The Morgan fingerprint density at radius 3 is 2.53 bits per heavy atom. The Morgan fingerprint density at radius 1 is 0.895 bits per heavy atom. The maximum Gasteiger partial charge on any atom is 0.224 e. The molecule has 3 heterocycles. The zero-order chi connectivity index (χ0) is 26.2. The van der Waals surface area contributed by atoms with Gasteiger partial charge in [0, 0.05) is 34.5 Å². The molecule has 3 N–H and O–H groups in total. The number of hydrogen-bond acceptors (Lipinski definition) is 3. The van der Waals surface area contributed by atoms with E-state index in [1.54, 1.807) is 24.5 Å². The van der Waals surface area contributed by atoms with E-state index in [9.17, 15) is 9.18 Å². The molecule has 3 aromatic carbocycles. The van der Waals surface area contributed by atoms with E-state index in [2.05, 4.69) is 37.6 Å². The van der Waals surface area contributed by atoms with Crippen LogP contribution < -0.4 is 5.32 Å².